The zero-order chi connectivity index (χ0) is 24.5. The number of para-hydroxylation sites is 1. The van der Waals surface area contributed by atoms with Crippen molar-refractivity contribution in [1.82, 2.24) is 9.80 Å². The lowest BCUT2D eigenvalue weighted by Crippen LogP contribution is -2.48. The van der Waals surface area contributed by atoms with Crippen LogP contribution in [0.1, 0.15) is 27.0 Å². The molecule has 0 saturated carbocycles. The molecule has 184 valence electrons. The molecular formula is C29H29N3O4. The van der Waals surface area contributed by atoms with Crippen molar-refractivity contribution in [3.63, 3.8) is 0 Å². The Morgan fingerprint density at radius 3 is 2.61 bits per heavy atom. The molecule has 3 aliphatic heterocycles. The number of hydrogen-bond acceptors (Lipinski definition) is 5. The number of benzene rings is 3. The Labute approximate surface area is 210 Å². The van der Waals surface area contributed by atoms with E-state index in [1.54, 1.807) is 24.3 Å². The Morgan fingerprint density at radius 2 is 1.75 bits per heavy atom. The number of carbonyl (C=O) groups is 2. The maximum atomic E-state index is 13.2. The summed E-state index contributed by atoms with van der Waals surface area (Å²) < 4.78 is 11.4. The predicted molar refractivity (Wildman–Crippen MR) is 136 cm³/mol. The molecule has 0 radical (unpaired) electrons. The lowest BCUT2D eigenvalue weighted by molar-refractivity contribution is -0.122. The van der Waals surface area contributed by atoms with Crippen LogP contribution in [0.25, 0.3) is 0 Å². The van der Waals surface area contributed by atoms with Crippen LogP contribution in [-0.2, 0) is 24.2 Å². The van der Waals surface area contributed by atoms with E-state index in [0.717, 1.165) is 49.7 Å². The largest absolute Gasteiger partial charge is 0.493 e. The highest BCUT2D eigenvalue weighted by molar-refractivity contribution is 5.98. The highest BCUT2D eigenvalue weighted by Gasteiger charge is 2.29. The number of fused-ring (bicyclic) bond motifs is 2. The fourth-order valence-corrected chi connectivity index (χ4v) is 5.17. The number of carbonyl (C=O) groups excluding carboxylic acids is 2. The van der Waals surface area contributed by atoms with Gasteiger partial charge in [-0.3, -0.25) is 14.5 Å². The van der Waals surface area contributed by atoms with Gasteiger partial charge in [-0.15, -0.1) is 0 Å². The molecule has 1 fully saturated rings. The van der Waals surface area contributed by atoms with Gasteiger partial charge in [0, 0.05) is 56.8 Å². The summed E-state index contributed by atoms with van der Waals surface area (Å²) in [6.07, 6.45) is 0.962. The molecule has 6 rings (SSSR count). The van der Waals surface area contributed by atoms with Gasteiger partial charge in [-0.05, 0) is 47.0 Å². The van der Waals surface area contributed by atoms with Crippen molar-refractivity contribution >= 4 is 17.5 Å². The summed E-state index contributed by atoms with van der Waals surface area (Å²) in [4.78, 5) is 30.2. The van der Waals surface area contributed by atoms with Crippen LogP contribution >= 0.6 is 0 Å². The van der Waals surface area contributed by atoms with E-state index in [-0.39, 0.29) is 11.8 Å². The van der Waals surface area contributed by atoms with Crippen LogP contribution in [0.5, 0.6) is 11.5 Å². The fourth-order valence-electron chi connectivity index (χ4n) is 5.17. The van der Waals surface area contributed by atoms with Crippen molar-refractivity contribution in [3.05, 3.63) is 89.0 Å². The zero-order valence-electron chi connectivity index (χ0n) is 20.1. The number of nitrogens with one attached hydrogen (secondary N) is 1. The quantitative estimate of drug-likeness (QED) is 0.601. The molecule has 7 nitrogen and oxygen atoms in total. The monoisotopic (exact) mass is 483 g/mol. The topological polar surface area (TPSA) is 71.1 Å². The molecule has 3 aliphatic rings. The molecule has 1 atom stereocenters. The maximum Gasteiger partial charge on any atom is 0.265 e. The van der Waals surface area contributed by atoms with Crippen molar-refractivity contribution in [1.29, 1.82) is 0 Å². The summed E-state index contributed by atoms with van der Waals surface area (Å²) in [6, 6.07) is 21.3. The van der Waals surface area contributed by atoms with E-state index < -0.39 is 6.10 Å². The number of piperazine rings is 1. The molecule has 0 aliphatic carbocycles. The third-order valence-corrected chi connectivity index (χ3v) is 7.14. The minimum Gasteiger partial charge on any atom is -0.493 e. The zero-order valence-corrected chi connectivity index (χ0v) is 20.1. The third kappa shape index (κ3) is 4.66. The van der Waals surface area contributed by atoms with Gasteiger partial charge in [0.2, 0.25) is 0 Å². The van der Waals surface area contributed by atoms with Gasteiger partial charge < -0.3 is 19.7 Å². The first-order chi connectivity index (χ1) is 17.6. The summed E-state index contributed by atoms with van der Waals surface area (Å²) in [7, 11) is 0. The second kappa shape index (κ2) is 9.66. The molecule has 1 unspecified atom stereocenters. The van der Waals surface area contributed by atoms with Crippen molar-refractivity contribution < 1.29 is 19.1 Å². The summed E-state index contributed by atoms with van der Waals surface area (Å²) in [5.74, 6) is 1.55. The molecule has 1 saturated heterocycles. The average Bonchev–Trinajstić information content (AvgIpc) is 3.56. The SMILES string of the molecule is O=C(Nc1cccc(C(=O)N2CCN(Cc3ccc4c(c3)CCO4)CC2)c1)C1Cc2ccccc2O1. The van der Waals surface area contributed by atoms with Gasteiger partial charge in [0.05, 0.1) is 6.61 Å². The van der Waals surface area contributed by atoms with Crippen LogP contribution < -0.4 is 14.8 Å². The van der Waals surface area contributed by atoms with Crippen LogP contribution in [0.4, 0.5) is 5.69 Å². The van der Waals surface area contributed by atoms with Crippen molar-refractivity contribution in [3.8, 4) is 11.5 Å². The molecule has 1 N–H and O–H groups in total. The van der Waals surface area contributed by atoms with Gasteiger partial charge in [-0.25, -0.2) is 0 Å². The van der Waals surface area contributed by atoms with Crippen molar-refractivity contribution in [2.75, 3.05) is 38.1 Å². The molecule has 3 heterocycles. The molecule has 3 aromatic rings. The van der Waals surface area contributed by atoms with Crippen LogP contribution in [-0.4, -0.2) is 60.5 Å². The van der Waals surface area contributed by atoms with Crippen LogP contribution in [0, 0.1) is 0 Å². The van der Waals surface area contributed by atoms with Crippen LogP contribution in [0.3, 0.4) is 0 Å². The Kier molecular flexibility index (Phi) is 6.07. The fraction of sp³-hybridized carbons (Fsp3) is 0.310. The van der Waals surface area contributed by atoms with E-state index in [2.05, 4.69) is 28.4 Å². The molecule has 7 heteroatoms. The van der Waals surface area contributed by atoms with Crippen molar-refractivity contribution in [2.24, 2.45) is 0 Å². The lowest BCUT2D eigenvalue weighted by Gasteiger charge is -2.35. The number of rotatable bonds is 5. The van der Waals surface area contributed by atoms with E-state index >= 15 is 0 Å². The Morgan fingerprint density at radius 1 is 0.889 bits per heavy atom. The van der Waals surface area contributed by atoms with E-state index in [4.69, 9.17) is 9.47 Å². The standard InChI is InChI=1S/C29H29N3O4/c33-28(27-18-21-4-1-2-7-26(21)36-27)30-24-6-3-5-23(17-24)29(34)32-13-11-31(12-14-32)19-20-8-9-25-22(16-20)10-15-35-25/h1-9,16-17,27H,10-15,18-19H2,(H,30,33). The van der Waals surface area contributed by atoms with E-state index in [0.29, 0.717) is 30.8 Å². The Balaban J connectivity index is 1.03. The Bertz CT molecular complexity index is 1270. The first-order valence-corrected chi connectivity index (χ1v) is 12.5. The second-order valence-corrected chi connectivity index (χ2v) is 9.60. The smallest absolute Gasteiger partial charge is 0.265 e. The molecule has 36 heavy (non-hydrogen) atoms. The van der Waals surface area contributed by atoms with E-state index in [9.17, 15) is 9.59 Å². The molecule has 2 amide bonds. The number of hydrogen-bond donors (Lipinski definition) is 1. The maximum absolute atomic E-state index is 13.2. The van der Waals surface area contributed by atoms with E-state index in [1.165, 1.54) is 11.1 Å². The van der Waals surface area contributed by atoms with Crippen molar-refractivity contribution in [2.45, 2.75) is 25.5 Å². The molecule has 0 aromatic heterocycles. The highest BCUT2D eigenvalue weighted by atomic mass is 16.5. The van der Waals surface area contributed by atoms with Gasteiger partial charge in [0.1, 0.15) is 11.5 Å². The van der Waals surface area contributed by atoms with Gasteiger partial charge >= 0.3 is 0 Å². The normalized spacial score (nSPS) is 18.7. The van der Waals surface area contributed by atoms with Gasteiger partial charge in [-0.2, -0.15) is 0 Å². The average molecular weight is 484 g/mol. The summed E-state index contributed by atoms with van der Waals surface area (Å²) in [5.41, 5.74) is 4.79. The number of anilines is 1. The van der Waals surface area contributed by atoms with Gasteiger partial charge in [0.15, 0.2) is 6.10 Å². The second-order valence-electron chi connectivity index (χ2n) is 9.60. The summed E-state index contributed by atoms with van der Waals surface area (Å²) in [5, 5.41) is 2.92. The predicted octanol–water partition coefficient (Wildman–Crippen LogP) is 3.52. The number of nitrogens with zero attached hydrogens (tertiary/aromatic N) is 2. The molecule has 0 spiro atoms. The summed E-state index contributed by atoms with van der Waals surface area (Å²) >= 11 is 0. The number of ether oxygens (including phenoxy) is 2. The highest BCUT2D eigenvalue weighted by Crippen LogP contribution is 2.29. The lowest BCUT2D eigenvalue weighted by atomic mass is 10.1. The minimum absolute atomic E-state index is 0.00931. The van der Waals surface area contributed by atoms with E-state index in [1.807, 2.05) is 29.2 Å². The minimum atomic E-state index is -0.562. The van der Waals surface area contributed by atoms with Gasteiger partial charge in [-0.1, -0.05) is 36.4 Å². The first-order valence-electron chi connectivity index (χ1n) is 12.5. The third-order valence-electron chi connectivity index (χ3n) is 7.14. The Hall–Kier alpha value is -3.84. The molecule has 3 aromatic carbocycles. The number of amides is 2. The van der Waals surface area contributed by atoms with Gasteiger partial charge in [0.25, 0.3) is 11.8 Å². The van der Waals surface area contributed by atoms with Crippen LogP contribution in [0.15, 0.2) is 66.7 Å². The van der Waals surface area contributed by atoms with Crippen LogP contribution in [0.2, 0.25) is 0 Å². The molecule has 0 bridgehead atoms. The molecular weight excluding hydrogens is 454 g/mol. The summed E-state index contributed by atoms with van der Waals surface area (Å²) in [6.45, 7) is 4.66. The first kappa shape index (κ1) is 22.6.